The summed E-state index contributed by atoms with van der Waals surface area (Å²) in [6, 6.07) is 5.75. The van der Waals surface area contributed by atoms with E-state index in [4.69, 9.17) is 0 Å². The predicted molar refractivity (Wildman–Crippen MR) is 87.1 cm³/mol. The van der Waals surface area contributed by atoms with Crippen LogP contribution in [0, 0.1) is 13.8 Å². The number of piperidine rings is 1. The van der Waals surface area contributed by atoms with E-state index in [0.29, 0.717) is 12.1 Å². The SMILES string of the molecule is CCNC1CCN(c2c(C)cc(Br)cc2C)C(C)C1. The monoisotopic (exact) mass is 324 g/mol. The zero-order valence-corrected chi connectivity index (χ0v) is 14.0. The van der Waals surface area contributed by atoms with Crippen molar-refractivity contribution in [1.29, 1.82) is 0 Å². The van der Waals surface area contributed by atoms with Gasteiger partial charge in [-0.05, 0) is 63.4 Å². The van der Waals surface area contributed by atoms with Gasteiger partial charge in [0.15, 0.2) is 0 Å². The molecule has 1 aliphatic rings. The number of anilines is 1. The Kier molecular flexibility index (Phi) is 4.91. The highest BCUT2D eigenvalue weighted by Gasteiger charge is 2.26. The topological polar surface area (TPSA) is 15.3 Å². The van der Waals surface area contributed by atoms with Crippen molar-refractivity contribution in [2.45, 2.75) is 52.6 Å². The summed E-state index contributed by atoms with van der Waals surface area (Å²) < 4.78 is 1.18. The molecule has 0 aromatic heterocycles. The van der Waals surface area contributed by atoms with Crippen LogP contribution in [0.15, 0.2) is 16.6 Å². The Morgan fingerprint density at radius 2 is 1.95 bits per heavy atom. The molecule has 1 aromatic carbocycles. The van der Waals surface area contributed by atoms with Crippen LogP contribution < -0.4 is 10.2 Å². The van der Waals surface area contributed by atoms with Crippen LogP contribution in [0.5, 0.6) is 0 Å². The second-order valence-corrected chi connectivity index (χ2v) is 6.63. The summed E-state index contributed by atoms with van der Waals surface area (Å²) in [7, 11) is 0. The van der Waals surface area contributed by atoms with Gasteiger partial charge in [-0.25, -0.2) is 0 Å². The van der Waals surface area contributed by atoms with Gasteiger partial charge in [-0.2, -0.15) is 0 Å². The van der Waals surface area contributed by atoms with Crippen molar-refractivity contribution >= 4 is 21.6 Å². The Balaban J connectivity index is 2.19. The molecule has 1 fully saturated rings. The second kappa shape index (κ2) is 6.27. The maximum atomic E-state index is 3.59. The van der Waals surface area contributed by atoms with Gasteiger partial charge in [0, 0.05) is 28.8 Å². The smallest absolute Gasteiger partial charge is 0.0428 e. The Morgan fingerprint density at radius 1 is 1.32 bits per heavy atom. The third kappa shape index (κ3) is 3.32. The van der Waals surface area contributed by atoms with Crippen molar-refractivity contribution in [3.63, 3.8) is 0 Å². The molecule has 1 aromatic rings. The number of nitrogens with zero attached hydrogens (tertiary/aromatic N) is 1. The van der Waals surface area contributed by atoms with Crippen molar-refractivity contribution in [3.05, 3.63) is 27.7 Å². The molecular weight excluding hydrogens is 300 g/mol. The van der Waals surface area contributed by atoms with Crippen LogP contribution in [0.2, 0.25) is 0 Å². The van der Waals surface area contributed by atoms with Crippen LogP contribution >= 0.6 is 15.9 Å². The van der Waals surface area contributed by atoms with E-state index < -0.39 is 0 Å². The van der Waals surface area contributed by atoms with E-state index in [1.165, 1.54) is 34.1 Å². The van der Waals surface area contributed by atoms with Crippen molar-refractivity contribution < 1.29 is 0 Å². The Hall–Kier alpha value is -0.540. The summed E-state index contributed by atoms with van der Waals surface area (Å²) in [4.78, 5) is 2.59. The first-order chi connectivity index (χ1) is 9.02. The molecule has 1 N–H and O–H groups in total. The lowest BCUT2D eigenvalue weighted by Gasteiger charge is -2.41. The maximum Gasteiger partial charge on any atom is 0.0428 e. The average molecular weight is 325 g/mol. The van der Waals surface area contributed by atoms with Gasteiger partial charge in [0.05, 0.1) is 0 Å². The first-order valence-corrected chi connectivity index (χ1v) is 8.09. The van der Waals surface area contributed by atoms with Crippen molar-refractivity contribution in [1.82, 2.24) is 5.32 Å². The minimum absolute atomic E-state index is 0.608. The van der Waals surface area contributed by atoms with E-state index >= 15 is 0 Å². The molecule has 0 radical (unpaired) electrons. The Morgan fingerprint density at radius 3 is 2.47 bits per heavy atom. The summed E-state index contributed by atoms with van der Waals surface area (Å²) >= 11 is 3.59. The molecule has 0 spiro atoms. The first kappa shape index (κ1) is 14.9. The molecule has 0 bridgehead atoms. The van der Waals surface area contributed by atoms with Crippen LogP contribution in [0.1, 0.15) is 37.8 Å². The zero-order chi connectivity index (χ0) is 14.0. The third-order valence-corrected chi connectivity index (χ3v) is 4.57. The van der Waals surface area contributed by atoms with E-state index in [1.807, 2.05) is 0 Å². The number of nitrogens with one attached hydrogen (secondary N) is 1. The molecule has 106 valence electrons. The molecule has 1 saturated heterocycles. The molecule has 1 heterocycles. The molecule has 0 amide bonds. The van der Waals surface area contributed by atoms with Crippen LogP contribution in [0.25, 0.3) is 0 Å². The van der Waals surface area contributed by atoms with Crippen LogP contribution in [-0.2, 0) is 0 Å². The highest BCUT2D eigenvalue weighted by atomic mass is 79.9. The highest BCUT2D eigenvalue weighted by molar-refractivity contribution is 9.10. The number of halogens is 1. The summed E-state index contributed by atoms with van der Waals surface area (Å²) in [6.07, 6.45) is 2.48. The molecule has 0 saturated carbocycles. The fourth-order valence-corrected chi connectivity index (χ4v) is 4.02. The predicted octanol–water partition coefficient (Wildman–Crippen LogP) is 4.03. The summed E-state index contributed by atoms with van der Waals surface area (Å²) in [5, 5.41) is 3.59. The molecular formula is C16H25BrN2. The largest absolute Gasteiger partial charge is 0.368 e. The fraction of sp³-hybridized carbons (Fsp3) is 0.625. The van der Waals surface area contributed by atoms with Gasteiger partial charge in [-0.15, -0.1) is 0 Å². The van der Waals surface area contributed by atoms with Gasteiger partial charge in [0.2, 0.25) is 0 Å². The van der Waals surface area contributed by atoms with Gasteiger partial charge in [0.25, 0.3) is 0 Å². The van der Waals surface area contributed by atoms with Crippen LogP contribution in [0.3, 0.4) is 0 Å². The minimum Gasteiger partial charge on any atom is -0.368 e. The van der Waals surface area contributed by atoms with Gasteiger partial charge < -0.3 is 10.2 Å². The minimum atomic E-state index is 0.608. The number of hydrogen-bond donors (Lipinski definition) is 1. The lowest BCUT2D eigenvalue weighted by Crippen LogP contribution is -2.48. The Bertz CT molecular complexity index is 421. The molecule has 2 atom stereocenters. The van der Waals surface area contributed by atoms with Crippen LogP contribution in [0.4, 0.5) is 5.69 Å². The van der Waals surface area contributed by atoms with Crippen molar-refractivity contribution in [2.24, 2.45) is 0 Å². The summed E-state index contributed by atoms with van der Waals surface area (Å²) in [6.45, 7) is 11.2. The number of benzene rings is 1. The molecule has 19 heavy (non-hydrogen) atoms. The van der Waals surface area contributed by atoms with E-state index in [1.54, 1.807) is 0 Å². The van der Waals surface area contributed by atoms with Gasteiger partial charge in [-0.1, -0.05) is 22.9 Å². The molecule has 2 rings (SSSR count). The molecule has 0 aliphatic carbocycles. The van der Waals surface area contributed by atoms with Crippen LogP contribution in [-0.4, -0.2) is 25.2 Å². The van der Waals surface area contributed by atoms with E-state index in [9.17, 15) is 0 Å². The van der Waals surface area contributed by atoms with E-state index in [-0.39, 0.29) is 0 Å². The molecule has 3 heteroatoms. The molecule has 2 nitrogen and oxygen atoms in total. The molecule has 1 aliphatic heterocycles. The maximum absolute atomic E-state index is 3.59. The lowest BCUT2D eigenvalue weighted by molar-refractivity contribution is 0.373. The van der Waals surface area contributed by atoms with E-state index in [2.05, 4.69) is 66.0 Å². The van der Waals surface area contributed by atoms with E-state index in [0.717, 1.165) is 13.1 Å². The quantitative estimate of drug-likeness (QED) is 0.902. The summed E-state index contributed by atoms with van der Waals surface area (Å²) in [5.74, 6) is 0. The van der Waals surface area contributed by atoms with Crippen molar-refractivity contribution in [2.75, 3.05) is 18.0 Å². The first-order valence-electron chi connectivity index (χ1n) is 7.29. The number of rotatable bonds is 3. The second-order valence-electron chi connectivity index (χ2n) is 5.71. The zero-order valence-electron chi connectivity index (χ0n) is 12.5. The standard InChI is InChI=1S/C16H25BrN2/c1-5-18-15-6-7-19(13(4)10-15)16-11(2)8-14(17)9-12(16)3/h8-9,13,15,18H,5-7,10H2,1-4H3. The van der Waals surface area contributed by atoms with Gasteiger partial charge in [-0.3, -0.25) is 0 Å². The fourth-order valence-electron chi connectivity index (χ4n) is 3.33. The van der Waals surface area contributed by atoms with Gasteiger partial charge >= 0.3 is 0 Å². The Labute approximate surface area is 125 Å². The normalized spacial score (nSPS) is 23.7. The average Bonchev–Trinajstić information content (AvgIpc) is 2.31. The van der Waals surface area contributed by atoms with Gasteiger partial charge in [0.1, 0.15) is 0 Å². The lowest BCUT2D eigenvalue weighted by atomic mass is 9.95. The number of aryl methyl sites for hydroxylation is 2. The summed E-state index contributed by atoms with van der Waals surface area (Å²) in [5.41, 5.74) is 4.19. The highest BCUT2D eigenvalue weighted by Crippen LogP contribution is 2.33. The van der Waals surface area contributed by atoms with Crippen molar-refractivity contribution in [3.8, 4) is 0 Å². The number of hydrogen-bond acceptors (Lipinski definition) is 2. The third-order valence-electron chi connectivity index (χ3n) is 4.11. The molecule has 2 unspecified atom stereocenters.